The van der Waals surface area contributed by atoms with Crippen molar-refractivity contribution in [1.29, 1.82) is 0 Å². The van der Waals surface area contributed by atoms with Gasteiger partial charge in [-0.25, -0.2) is 8.42 Å². The summed E-state index contributed by atoms with van der Waals surface area (Å²) in [5.41, 5.74) is 6.63. The number of sulfone groups is 1. The average molecular weight is 189 g/mol. The topological polar surface area (TPSA) is 60.2 Å². The molecule has 0 saturated heterocycles. The molecule has 3 nitrogen and oxygen atoms in total. The Kier molecular flexibility index (Phi) is 2.90. The van der Waals surface area contributed by atoms with E-state index in [-0.39, 0.29) is 5.25 Å². The van der Waals surface area contributed by atoms with Gasteiger partial charge in [0.05, 0.1) is 5.25 Å². The molecule has 70 valence electrons. The summed E-state index contributed by atoms with van der Waals surface area (Å²) in [5, 5.41) is -0.173. The normalized spacial score (nSPS) is 25.2. The molecule has 0 saturated carbocycles. The molecular weight excluding hydrogens is 174 g/mol. The zero-order valence-electron chi connectivity index (χ0n) is 7.29. The Bertz CT molecular complexity index is 279. The highest BCUT2D eigenvalue weighted by Crippen LogP contribution is 2.22. The molecule has 0 aromatic carbocycles. The molecular formula is C8H15NO2S. The number of rotatable bonds is 2. The predicted molar refractivity (Wildman–Crippen MR) is 49.6 cm³/mol. The Balaban J connectivity index is 2.64. The van der Waals surface area contributed by atoms with Crippen LogP contribution in [0.1, 0.15) is 19.3 Å². The maximum atomic E-state index is 11.1. The second kappa shape index (κ2) is 3.58. The fraction of sp³-hybridized carbons (Fsp3) is 0.750. The quantitative estimate of drug-likeness (QED) is 0.642. The van der Waals surface area contributed by atoms with Gasteiger partial charge in [0.2, 0.25) is 0 Å². The van der Waals surface area contributed by atoms with Gasteiger partial charge in [0.25, 0.3) is 0 Å². The maximum absolute atomic E-state index is 11.1. The molecule has 1 rings (SSSR count). The van der Waals surface area contributed by atoms with Crippen molar-refractivity contribution >= 4 is 9.84 Å². The van der Waals surface area contributed by atoms with Gasteiger partial charge in [0, 0.05) is 12.8 Å². The van der Waals surface area contributed by atoms with Crippen molar-refractivity contribution in [3.8, 4) is 0 Å². The van der Waals surface area contributed by atoms with E-state index in [1.807, 2.05) is 6.08 Å². The van der Waals surface area contributed by atoms with E-state index >= 15 is 0 Å². The molecule has 1 atom stereocenters. The van der Waals surface area contributed by atoms with Crippen LogP contribution in [0, 0.1) is 0 Å². The van der Waals surface area contributed by atoms with Gasteiger partial charge in [-0.05, 0) is 19.3 Å². The van der Waals surface area contributed by atoms with E-state index in [0.29, 0.717) is 13.0 Å². The van der Waals surface area contributed by atoms with E-state index in [2.05, 4.69) is 0 Å². The van der Waals surface area contributed by atoms with E-state index in [0.717, 1.165) is 12.8 Å². The first-order valence-electron chi connectivity index (χ1n) is 4.11. The molecule has 12 heavy (non-hydrogen) atoms. The minimum Gasteiger partial charge on any atom is -0.327 e. The van der Waals surface area contributed by atoms with Gasteiger partial charge < -0.3 is 5.73 Å². The molecule has 0 radical (unpaired) electrons. The largest absolute Gasteiger partial charge is 0.327 e. The Hall–Kier alpha value is -0.350. The average Bonchev–Trinajstić information content (AvgIpc) is 2.03. The molecule has 0 spiro atoms. The summed E-state index contributed by atoms with van der Waals surface area (Å²) in [4.78, 5) is 0. The molecule has 0 heterocycles. The molecule has 0 fully saturated rings. The maximum Gasteiger partial charge on any atom is 0.150 e. The summed E-state index contributed by atoms with van der Waals surface area (Å²) < 4.78 is 22.2. The van der Waals surface area contributed by atoms with Crippen LogP contribution in [0.2, 0.25) is 0 Å². The predicted octanol–water partition coefficient (Wildman–Crippen LogP) is 0.469. The SMILES string of the molecule is CS(=O)(=O)[C@@H]1CC=C(CN)CC1. The fourth-order valence-corrected chi connectivity index (χ4v) is 2.43. The third-order valence-electron chi connectivity index (χ3n) is 2.32. The van der Waals surface area contributed by atoms with E-state index in [1.54, 1.807) is 0 Å². The van der Waals surface area contributed by atoms with Crippen molar-refractivity contribution in [2.45, 2.75) is 24.5 Å². The van der Waals surface area contributed by atoms with E-state index < -0.39 is 9.84 Å². The van der Waals surface area contributed by atoms with Crippen LogP contribution in [0.5, 0.6) is 0 Å². The Labute approximate surface area is 73.6 Å². The monoisotopic (exact) mass is 189 g/mol. The lowest BCUT2D eigenvalue weighted by atomic mass is 9.99. The Morgan fingerprint density at radius 2 is 2.33 bits per heavy atom. The number of allylic oxidation sites excluding steroid dienone is 1. The minimum atomic E-state index is -2.84. The van der Waals surface area contributed by atoms with Crippen LogP contribution in [0.25, 0.3) is 0 Å². The lowest BCUT2D eigenvalue weighted by molar-refractivity contribution is 0.570. The molecule has 0 amide bonds. The smallest absolute Gasteiger partial charge is 0.150 e. The zero-order valence-corrected chi connectivity index (χ0v) is 8.10. The molecule has 1 aliphatic rings. The van der Waals surface area contributed by atoms with Crippen LogP contribution in [0.3, 0.4) is 0 Å². The summed E-state index contributed by atoms with van der Waals surface area (Å²) in [6.07, 6.45) is 5.50. The van der Waals surface area contributed by atoms with Crippen molar-refractivity contribution in [2.75, 3.05) is 12.8 Å². The summed E-state index contributed by atoms with van der Waals surface area (Å²) in [6.45, 7) is 0.566. The second-order valence-electron chi connectivity index (χ2n) is 3.29. The highest BCUT2D eigenvalue weighted by Gasteiger charge is 2.22. The van der Waals surface area contributed by atoms with Gasteiger partial charge in [0.1, 0.15) is 0 Å². The standard InChI is InChI=1S/C8H15NO2S/c1-12(10,11)8-4-2-7(6-9)3-5-8/h2,8H,3-6,9H2,1H3/t8-/m1/s1. The molecule has 0 unspecified atom stereocenters. The Morgan fingerprint density at radius 3 is 2.67 bits per heavy atom. The van der Waals surface area contributed by atoms with Gasteiger partial charge >= 0.3 is 0 Å². The van der Waals surface area contributed by atoms with Gasteiger partial charge in [-0.1, -0.05) is 11.6 Å². The molecule has 0 bridgehead atoms. The summed E-state index contributed by atoms with van der Waals surface area (Å²) in [6, 6.07) is 0. The van der Waals surface area contributed by atoms with Crippen LogP contribution in [-0.2, 0) is 9.84 Å². The van der Waals surface area contributed by atoms with Crippen LogP contribution in [0.4, 0.5) is 0 Å². The Morgan fingerprint density at radius 1 is 1.67 bits per heavy atom. The molecule has 0 aromatic rings. The molecule has 2 N–H and O–H groups in total. The first-order valence-corrected chi connectivity index (χ1v) is 6.06. The summed E-state index contributed by atoms with van der Waals surface area (Å²) in [7, 11) is -2.84. The number of hydrogen-bond acceptors (Lipinski definition) is 3. The van der Waals surface area contributed by atoms with Crippen molar-refractivity contribution in [3.05, 3.63) is 11.6 Å². The van der Waals surface area contributed by atoms with Gasteiger partial charge in [-0.15, -0.1) is 0 Å². The van der Waals surface area contributed by atoms with E-state index in [9.17, 15) is 8.42 Å². The number of nitrogens with two attached hydrogens (primary N) is 1. The van der Waals surface area contributed by atoms with Crippen molar-refractivity contribution < 1.29 is 8.42 Å². The first kappa shape index (κ1) is 9.74. The molecule has 4 heteroatoms. The zero-order chi connectivity index (χ0) is 9.19. The van der Waals surface area contributed by atoms with E-state index in [4.69, 9.17) is 5.73 Å². The van der Waals surface area contributed by atoms with Gasteiger partial charge in [-0.3, -0.25) is 0 Å². The first-order chi connectivity index (χ1) is 5.54. The lowest BCUT2D eigenvalue weighted by Gasteiger charge is -2.19. The molecule has 1 aliphatic carbocycles. The lowest BCUT2D eigenvalue weighted by Crippen LogP contribution is -2.23. The minimum absolute atomic E-state index is 0.173. The highest BCUT2D eigenvalue weighted by molar-refractivity contribution is 7.91. The van der Waals surface area contributed by atoms with Crippen molar-refractivity contribution in [2.24, 2.45) is 5.73 Å². The fourth-order valence-electron chi connectivity index (χ4n) is 1.44. The van der Waals surface area contributed by atoms with Crippen LogP contribution in [0.15, 0.2) is 11.6 Å². The van der Waals surface area contributed by atoms with E-state index in [1.165, 1.54) is 11.8 Å². The number of hydrogen-bond donors (Lipinski definition) is 1. The van der Waals surface area contributed by atoms with Crippen molar-refractivity contribution in [1.82, 2.24) is 0 Å². The molecule has 0 aliphatic heterocycles. The van der Waals surface area contributed by atoms with Gasteiger partial charge in [0.15, 0.2) is 9.84 Å². The molecule has 0 aromatic heterocycles. The van der Waals surface area contributed by atoms with Crippen LogP contribution >= 0.6 is 0 Å². The van der Waals surface area contributed by atoms with Crippen molar-refractivity contribution in [3.63, 3.8) is 0 Å². The third kappa shape index (κ3) is 2.32. The van der Waals surface area contributed by atoms with Crippen LogP contribution < -0.4 is 5.73 Å². The van der Waals surface area contributed by atoms with Gasteiger partial charge in [-0.2, -0.15) is 0 Å². The highest BCUT2D eigenvalue weighted by atomic mass is 32.2. The summed E-state index contributed by atoms with van der Waals surface area (Å²) in [5.74, 6) is 0. The third-order valence-corrected chi connectivity index (χ3v) is 3.96. The van der Waals surface area contributed by atoms with Crippen LogP contribution in [-0.4, -0.2) is 26.5 Å². The summed E-state index contributed by atoms with van der Waals surface area (Å²) >= 11 is 0. The second-order valence-corrected chi connectivity index (χ2v) is 5.62.